The third-order valence-corrected chi connectivity index (χ3v) is 7.54. The van der Waals surface area contributed by atoms with E-state index in [0.717, 1.165) is 37.3 Å². The van der Waals surface area contributed by atoms with E-state index in [4.69, 9.17) is 27.9 Å². The van der Waals surface area contributed by atoms with Gasteiger partial charge in [0.25, 0.3) is 0 Å². The van der Waals surface area contributed by atoms with Crippen LogP contribution in [0.4, 0.5) is 0 Å². The fourth-order valence-electron chi connectivity index (χ4n) is 5.32. The summed E-state index contributed by atoms with van der Waals surface area (Å²) in [7, 11) is 0. The summed E-state index contributed by atoms with van der Waals surface area (Å²) in [6.07, 6.45) is 6.15. The van der Waals surface area contributed by atoms with Crippen LogP contribution in [0, 0.1) is 5.41 Å². The number of hydrogen-bond donors (Lipinski definition) is 1. The van der Waals surface area contributed by atoms with Gasteiger partial charge in [0.1, 0.15) is 24.4 Å². The minimum Gasteiger partial charge on any atom is -0.466 e. The Morgan fingerprint density at radius 3 is 2.39 bits per heavy atom. The van der Waals surface area contributed by atoms with Gasteiger partial charge in [-0.25, -0.2) is 14.3 Å². The van der Waals surface area contributed by atoms with E-state index in [1.165, 1.54) is 17.6 Å². The first-order valence-corrected chi connectivity index (χ1v) is 13.7. The summed E-state index contributed by atoms with van der Waals surface area (Å²) >= 11 is 12.6. The topological polar surface area (TPSA) is 88.0 Å². The average Bonchev–Trinajstić information content (AvgIpc) is 3.58. The lowest BCUT2D eigenvalue weighted by Crippen LogP contribution is -3.13. The molecular weight excluding hydrogens is 523 g/mol. The number of nitrogens with one attached hydrogen (secondary N) is 1. The van der Waals surface area contributed by atoms with Gasteiger partial charge in [-0.1, -0.05) is 56.1 Å². The van der Waals surface area contributed by atoms with Gasteiger partial charge in [0.15, 0.2) is 6.04 Å². The molecule has 38 heavy (non-hydrogen) atoms. The Balaban J connectivity index is 1.62. The molecule has 0 bridgehead atoms. The molecule has 3 heterocycles. The standard InChI is InChI=1S/C27H32Cl2N8O/c1-27(2,3)24(26(36-18-30-17-31-36)38-22-12-10-20(28)11-13-22)37-25(32-33-34-37)23(35-14-5-4-6-15-35)19-8-7-9-21(29)16-19/h7-13,16-18,23-24,26H,4-6,14-15H2,1-3H3/p+1. The number of tetrazole rings is 1. The van der Waals surface area contributed by atoms with Gasteiger partial charge in [-0.15, -0.1) is 5.10 Å². The number of rotatable bonds is 8. The molecule has 0 aliphatic carbocycles. The van der Waals surface area contributed by atoms with Crippen LogP contribution >= 0.6 is 23.2 Å². The van der Waals surface area contributed by atoms with Crippen molar-refractivity contribution in [2.45, 2.75) is 58.3 Å². The van der Waals surface area contributed by atoms with Crippen molar-refractivity contribution in [3.05, 3.63) is 82.6 Å². The monoisotopic (exact) mass is 555 g/mol. The normalized spacial score (nSPS) is 17.2. The molecule has 1 N–H and O–H groups in total. The summed E-state index contributed by atoms with van der Waals surface area (Å²) in [6, 6.07) is 14.9. The molecule has 1 aliphatic rings. The van der Waals surface area contributed by atoms with Crippen molar-refractivity contribution in [1.82, 2.24) is 35.0 Å². The van der Waals surface area contributed by atoms with E-state index >= 15 is 0 Å². The largest absolute Gasteiger partial charge is 0.466 e. The van der Waals surface area contributed by atoms with Crippen molar-refractivity contribution in [2.75, 3.05) is 13.1 Å². The second kappa shape index (κ2) is 11.4. The van der Waals surface area contributed by atoms with Gasteiger partial charge in [-0.3, -0.25) is 0 Å². The van der Waals surface area contributed by atoms with E-state index in [2.05, 4.69) is 52.4 Å². The number of nitrogens with zero attached hydrogens (tertiary/aromatic N) is 7. The van der Waals surface area contributed by atoms with Crippen molar-refractivity contribution in [3.63, 3.8) is 0 Å². The van der Waals surface area contributed by atoms with Gasteiger partial charge in [-0.05, 0) is 71.5 Å². The van der Waals surface area contributed by atoms with Crippen LogP contribution in [0.5, 0.6) is 5.75 Å². The Morgan fingerprint density at radius 1 is 0.974 bits per heavy atom. The van der Waals surface area contributed by atoms with Crippen LogP contribution in [0.15, 0.2) is 61.2 Å². The maximum Gasteiger partial charge on any atom is 0.215 e. The molecule has 3 atom stereocenters. The molecular formula is C27H33Cl2N8O+. The summed E-state index contributed by atoms with van der Waals surface area (Å²) in [4.78, 5) is 5.63. The molecule has 0 amide bonds. The number of halogens is 2. The van der Waals surface area contributed by atoms with Crippen LogP contribution in [-0.4, -0.2) is 48.1 Å². The minimum absolute atomic E-state index is 0.0826. The van der Waals surface area contributed by atoms with Gasteiger partial charge in [-0.2, -0.15) is 5.10 Å². The van der Waals surface area contributed by atoms with Gasteiger partial charge < -0.3 is 9.64 Å². The Bertz CT molecular complexity index is 1310. The quantitative estimate of drug-likeness (QED) is 0.342. The summed E-state index contributed by atoms with van der Waals surface area (Å²) in [6.45, 7) is 8.54. The van der Waals surface area contributed by atoms with Gasteiger partial charge in [0.05, 0.1) is 13.1 Å². The maximum absolute atomic E-state index is 6.59. The predicted octanol–water partition coefficient (Wildman–Crippen LogP) is 4.59. The Morgan fingerprint density at radius 2 is 1.74 bits per heavy atom. The molecule has 4 aromatic rings. The maximum atomic E-state index is 6.59. The third-order valence-electron chi connectivity index (χ3n) is 7.05. The van der Waals surface area contributed by atoms with Crippen molar-refractivity contribution < 1.29 is 9.64 Å². The number of aromatic nitrogens is 7. The molecule has 1 saturated heterocycles. The Kier molecular flexibility index (Phi) is 7.97. The van der Waals surface area contributed by atoms with E-state index < -0.39 is 6.23 Å². The molecule has 2 aromatic heterocycles. The molecule has 0 saturated carbocycles. The summed E-state index contributed by atoms with van der Waals surface area (Å²) in [5, 5.41) is 19.2. The molecule has 9 nitrogen and oxygen atoms in total. The zero-order chi connectivity index (χ0) is 26.7. The van der Waals surface area contributed by atoms with E-state index in [-0.39, 0.29) is 17.5 Å². The fraction of sp³-hybridized carbons (Fsp3) is 0.444. The predicted molar refractivity (Wildman–Crippen MR) is 145 cm³/mol. The zero-order valence-corrected chi connectivity index (χ0v) is 23.3. The van der Waals surface area contributed by atoms with Crippen molar-refractivity contribution in [1.29, 1.82) is 0 Å². The van der Waals surface area contributed by atoms with Crippen molar-refractivity contribution in [2.24, 2.45) is 5.41 Å². The van der Waals surface area contributed by atoms with Crippen LogP contribution in [0.1, 0.15) is 69.7 Å². The first-order valence-electron chi connectivity index (χ1n) is 13.0. The zero-order valence-electron chi connectivity index (χ0n) is 21.8. The number of likely N-dealkylation sites (tertiary alicyclic amines) is 1. The number of quaternary nitrogens is 1. The lowest BCUT2D eigenvalue weighted by molar-refractivity contribution is -0.931. The number of piperidine rings is 1. The minimum atomic E-state index is -0.586. The van der Waals surface area contributed by atoms with Crippen molar-refractivity contribution >= 4 is 23.2 Å². The fourth-order valence-corrected chi connectivity index (χ4v) is 5.64. The summed E-state index contributed by atoms with van der Waals surface area (Å²) < 4.78 is 10.2. The number of ether oxygens (including phenoxy) is 1. The molecule has 5 rings (SSSR count). The van der Waals surface area contributed by atoms with Gasteiger partial charge in [0.2, 0.25) is 12.1 Å². The molecule has 1 fully saturated rings. The number of benzene rings is 2. The van der Waals surface area contributed by atoms with E-state index in [9.17, 15) is 0 Å². The Labute approximate surface area is 232 Å². The van der Waals surface area contributed by atoms with Gasteiger partial charge >= 0.3 is 0 Å². The van der Waals surface area contributed by atoms with Crippen molar-refractivity contribution in [3.8, 4) is 5.75 Å². The van der Waals surface area contributed by atoms with Crippen LogP contribution in [0.25, 0.3) is 0 Å². The van der Waals surface area contributed by atoms with Gasteiger partial charge in [0, 0.05) is 15.6 Å². The molecule has 200 valence electrons. The highest BCUT2D eigenvalue weighted by Gasteiger charge is 2.43. The van der Waals surface area contributed by atoms with E-state index in [1.54, 1.807) is 23.1 Å². The van der Waals surface area contributed by atoms with E-state index in [0.29, 0.717) is 15.8 Å². The number of hydrogen-bond acceptors (Lipinski definition) is 6. The summed E-state index contributed by atoms with van der Waals surface area (Å²) in [5.74, 6) is 1.43. The molecule has 3 unspecified atom stereocenters. The highest BCUT2D eigenvalue weighted by atomic mass is 35.5. The molecule has 2 aromatic carbocycles. The average molecular weight is 557 g/mol. The second-order valence-corrected chi connectivity index (χ2v) is 11.7. The SMILES string of the molecule is CC(C)(C)C(C(Oc1ccc(Cl)cc1)n1cncn1)n1nnnc1C(c1cccc(Cl)c1)[NH+]1CCCCC1. The Hall–Kier alpha value is -3.01. The van der Waals surface area contributed by atoms with Crippen LogP contribution in [-0.2, 0) is 0 Å². The molecule has 11 heteroatoms. The smallest absolute Gasteiger partial charge is 0.215 e. The van der Waals surface area contributed by atoms with E-state index in [1.807, 2.05) is 35.0 Å². The lowest BCUT2D eigenvalue weighted by Gasteiger charge is -2.38. The lowest BCUT2D eigenvalue weighted by atomic mass is 9.85. The first-order chi connectivity index (χ1) is 18.3. The third kappa shape index (κ3) is 5.85. The highest BCUT2D eigenvalue weighted by molar-refractivity contribution is 6.30. The first kappa shape index (κ1) is 26.6. The molecule has 1 aliphatic heterocycles. The highest BCUT2D eigenvalue weighted by Crippen LogP contribution is 2.41. The van der Waals surface area contributed by atoms with Crippen LogP contribution in [0.2, 0.25) is 10.0 Å². The molecule has 0 spiro atoms. The van der Waals surface area contributed by atoms with Crippen LogP contribution in [0.3, 0.4) is 0 Å². The van der Waals surface area contributed by atoms with Crippen LogP contribution < -0.4 is 9.64 Å². The second-order valence-electron chi connectivity index (χ2n) is 10.8. The molecule has 0 radical (unpaired) electrons. The summed E-state index contributed by atoms with van der Waals surface area (Å²) in [5.41, 5.74) is 0.762.